The number of hydrogen-bond donors (Lipinski definition) is 0. The average molecular weight is 208 g/mol. The lowest BCUT2D eigenvalue weighted by Crippen LogP contribution is -2.39. The number of hydrogen-bond acceptors (Lipinski definition) is 4. The molecule has 1 aromatic rings. The second kappa shape index (κ2) is 4.57. The smallest absolute Gasteiger partial charge is 0.150 e. The van der Waals surface area contributed by atoms with E-state index in [4.69, 9.17) is 4.52 Å². The van der Waals surface area contributed by atoms with Crippen molar-refractivity contribution in [3.8, 4) is 0 Å². The Morgan fingerprint density at radius 3 is 3.20 bits per heavy atom. The van der Waals surface area contributed by atoms with Crippen molar-refractivity contribution in [3.05, 3.63) is 17.5 Å². The highest BCUT2D eigenvalue weighted by atomic mass is 16.5. The summed E-state index contributed by atoms with van der Waals surface area (Å²) in [7, 11) is 0. The zero-order valence-corrected chi connectivity index (χ0v) is 8.98. The molecule has 0 spiro atoms. The van der Waals surface area contributed by atoms with Crippen LogP contribution in [0.2, 0.25) is 0 Å². The van der Waals surface area contributed by atoms with E-state index in [1.165, 1.54) is 0 Å². The Morgan fingerprint density at radius 1 is 1.67 bits per heavy atom. The van der Waals surface area contributed by atoms with Crippen molar-refractivity contribution in [1.82, 2.24) is 10.1 Å². The Hall–Kier alpha value is -1.16. The minimum atomic E-state index is 0.0594. The highest BCUT2D eigenvalue weighted by molar-refractivity contribution is 5.57. The fourth-order valence-corrected chi connectivity index (χ4v) is 2.06. The first kappa shape index (κ1) is 10.4. The molecule has 1 fully saturated rings. The van der Waals surface area contributed by atoms with Gasteiger partial charge < -0.3 is 9.32 Å². The van der Waals surface area contributed by atoms with Gasteiger partial charge in [-0.15, -0.1) is 0 Å². The summed E-state index contributed by atoms with van der Waals surface area (Å²) in [6, 6.07) is 1.99. The van der Waals surface area contributed by atoms with Gasteiger partial charge in [0.2, 0.25) is 0 Å². The van der Waals surface area contributed by atoms with Crippen molar-refractivity contribution in [2.24, 2.45) is 0 Å². The summed E-state index contributed by atoms with van der Waals surface area (Å²) >= 11 is 0. The molecule has 0 aromatic carbocycles. The molecule has 2 heterocycles. The van der Waals surface area contributed by atoms with E-state index in [9.17, 15) is 4.79 Å². The van der Waals surface area contributed by atoms with Crippen molar-refractivity contribution in [3.63, 3.8) is 0 Å². The third-order valence-electron chi connectivity index (χ3n) is 2.86. The summed E-state index contributed by atoms with van der Waals surface area (Å²) in [6.07, 6.45) is 4.33. The maximum Gasteiger partial charge on any atom is 0.150 e. The summed E-state index contributed by atoms with van der Waals surface area (Å²) in [5.41, 5.74) is 0.893. The largest absolute Gasteiger partial charge is 0.360 e. The van der Waals surface area contributed by atoms with E-state index in [1.54, 1.807) is 0 Å². The van der Waals surface area contributed by atoms with Crippen LogP contribution in [0.5, 0.6) is 0 Å². The predicted octanol–water partition coefficient (Wildman–Crippen LogP) is 1.54. The molecule has 2 rings (SSSR count). The predicted molar refractivity (Wildman–Crippen MR) is 55.4 cm³/mol. The van der Waals surface area contributed by atoms with Crippen LogP contribution in [0, 0.1) is 6.92 Å². The monoisotopic (exact) mass is 208 g/mol. The van der Waals surface area contributed by atoms with Gasteiger partial charge in [-0.05, 0) is 26.3 Å². The van der Waals surface area contributed by atoms with Crippen LogP contribution in [0.25, 0.3) is 0 Å². The van der Waals surface area contributed by atoms with Gasteiger partial charge in [-0.2, -0.15) is 0 Å². The quantitative estimate of drug-likeness (QED) is 0.707. The molecule has 1 saturated heterocycles. The zero-order valence-electron chi connectivity index (χ0n) is 8.98. The molecule has 1 aliphatic heterocycles. The molecule has 1 aliphatic rings. The third-order valence-corrected chi connectivity index (χ3v) is 2.86. The molecule has 4 heteroatoms. The maximum absolute atomic E-state index is 10.9. The topological polar surface area (TPSA) is 46.3 Å². The number of aldehydes is 1. The lowest BCUT2D eigenvalue weighted by Gasteiger charge is -2.31. The van der Waals surface area contributed by atoms with Crippen LogP contribution in [0.1, 0.15) is 30.7 Å². The molecule has 1 aromatic heterocycles. The van der Waals surface area contributed by atoms with Crippen LogP contribution in [0.15, 0.2) is 10.6 Å². The summed E-state index contributed by atoms with van der Waals surface area (Å²) < 4.78 is 5.15. The normalized spacial score (nSPS) is 22.9. The molecular formula is C11H16N2O2. The number of rotatable bonds is 3. The maximum atomic E-state index is 10.9. The summed E-state index contributed by atoms with van der Waals surface area (Å²) in [5, 5.41) is 3.84. The molecule has 4 nitrogen and oxygen atoms in total. The van der Waals surface area contributed by atoms with E-state index in [0.29, 0.717) is 6.54 Å². The summed E-state index contributed by atoms with van der Waals surface area (Å²) in [5.74, 6) is 0.848. The van der Waals surface area contributed by atoms with E-state index < -0.39 is 0 Å². The Morgan fingerprint density at radius 2 is 2.53 bits per heavy atom. The Kier molecular flexibility index (Phi) is 3.16. The van der Waals surface area contributed by atoms with Crippen LogP contribution in [-0.4, -0.2) is 28.9 Å². The van der Waals surface area contributed by atoms with E-state index >= 15 is 0 Å². The molecule has 0 saturated carbocycles. The molecule has 0 bridgehead atoms. The SMILES string of the molecule is Cc1cc(CN2CCCCC2C=O)on1. The van der Waals surface area contributed by atoms with Crippen molar-refractivity contribution in [1.29, 1.82) is 0 Å². The minimum absolute atomic E-state index is 0.0594. The fourth-order valence-electron chi connectivity index (χ4n) is 2.06. The van der Waals surface area contributed by atoms with Crippen molar-refractivity contribution in [2.75, 3.05) is 6.54 Å². The highest BCUT2D eigenvalue weighted by Crippen LogP contribution is 2.18. The highest BCUT2D eigenvalue weighted by Gasteiger charge is 2.22. The van der Waals surface area contributed by atoms with Crippen LogP contribution in [0.3, 0.4) is 0 Å². The van der Waals surface area contributed by atoms with Gasteiger partial charge in [-0.3, -0.25) is 4.90 Å². The molecule has 1 atom stereocenters. The Balaban J connectivity index is 2.00. The lowest BCUT2D eigenvalue weighted by atomic mass is 10.0. The molecular weight excluding hydrogens is 192 g/mol. The fraction of sp³-hybridized carbons (Fsp3) is 0.636. The van der Waals surface area contributed by atoms with Crippen LogP contribution >= 0.6 is 0 Å². The van der Waals surface area contributed by atoms with Gasteiger partial charge in [-0.25, -0.2) is 0 Å². The second-order valence-electron chi connectivity index (χ2n) is 4.10. The van der Waals surface area contributed by atoms with E-state index in [-0.39, 0.29) is 6.04 Å². The number of likely N-dealkylation sites (tertiary alicyclic amines) is 1. The first-order chi connectivity index (χ1) is 7.29. The van der Waals surface area contributed by atoms with Crippen LogP contribution in [0.4, 0.5) is 0 Å². The molecule has 82 valence electrons. The van der Waals surface area contributed by atoms with Gasteiger partial charge in [0.05, 0.1) is 18.3 Å². The van der Waals surface area contributed by atoms with Gasteiger partial charge in [0.15, 0.2) is 5.76 Å². The number of piperidine rings is 1. The first-order valence-electron chi connectivity index (χ1n) is 5.41. The van der Waals surface area contributed by atoms with Gasteiger partial charge in [0.25, 0.3) is 0 Å². The lowest BCUT2D eigenvalue weighted by molar-refractivity contribution is -0.113. The van der Waals surface area contributed by atoms with Gasteiger partial charge in [-0.1, -0.05) is 11.6 Å². The Labute approximate surface area is 89.2 Å². The van der Waals surface area contributed by atoms with Crippen LogP contribution < -0.4 is 0 Å². The molecule has 1 unspecified atom stereocenters. The number of nitrogens with zero attached hydrogens (tertiary/aromatic N) is 2. The summed E-state index contributed by atoms with van der Waals surface area (Å²) in [6.45, 7) is 3.58. The van der Waals surface area contributed by atoms with Crippen molar-refractivity contribution in [2.45, 2.75) is 38.8 Å². The zero-order chi connectivity index (χ0) is 10.7. The molecule has 0 aliphatic carbocycles. The number of carbonyl (C=O) groups excluding carboxylic acids is 1. The van der Waals surface area contributed by atoms with E-state index in [0.717, 1.165) is 43.5 Å². The molecule has 0 amide bonds. The summed E-state index contributed by atoms with van der Waals surface area (Å²) in [4.78, 5) is 13.0. The third kappa shape index (κ3) is 2.45. The van der Waals surface area contributed by atoms with Gasteiger partial charge in [0, 0.05) is 6.07 Å². The molecule has 15 heavy (non-hydrogen) atoms. The van der Waals surface area contributed by atoms with E-state index in [2.05, 4.69) is 10.1 Å². The average Bonchev–Trinajstić information content (AvgIpc) is 2.65. The van der Waals surface area contributed by atoms with Gasteiger partial charge >= 0.3 is 0 Å². The minimum Gasteiger partial charge on any atom is -0.360 e. The Bertz CT molecular complexity index is 335. The van der Waals surface area contributed by atoms with Crippen molar-refractivity contribution >= 4 is 6.29 Å². The van der Waals surface area contributed by atoms with Crippen molar-refractivity contribution < 1.29 is 9.32 Å². The standard InChI is InChI=1S/C11H16N2O2/c1-9-6-11(15-12-9)7-13-5-3-2-4-10(13)8-14/h6,8,10H,2-5,7H2,1H3. The molecule has 0 N–H and O–H groups in total. The number of aryl methyl sites for hydroxylation is 1. The number of aromatic nitrogens is 1. The number of carbonyl (C=O) groups is 1. The molecule has 0 radical (unpaired) electrons. The van der Waals surface area contributed by atoms with Gasteiger partial charge in [0.1, 0.15) is 6.29 Å². The first-order valence-corrected chi connectivity index (χ1v) is 5.41. The van der Waals surface area contributed by atoms with Crippen LogP contribution in [-0.2, 0) is 11.3 Å². The second-order valence-corrected chi connectivity index (χ2v) is 4.10. The van der Waals surface area contributed by atoms with E-state index in [1.807, 2.05) is 13.0 Å².